The molecule has 44 heavy (non-hydrogen) atoms. The number of alkyl halides is 2. The largest absolute Gasteiger partial charge is 0.490 e. The number of nitrogens with one attached hydrogen (secondary N) is 1. The Morgan fingerprint density at radius 1 is 0.909 bits per heavy atom. The zero-order valence-electron chi connectivity index (χ0n) is 26.5. The van der Waals surface area contributed by atoms with Crippen LogP contribution in [0.1, 0.15) is 78.7 Å². The summed E-state index contributed by atoms with van der Waals surface area (Å²) in [5.41, 5.74) is -0.0202. The van der Waals surface area contributed by atoms with E-state index < -0.39 is 42.7 Å². The van der Waals surface area contributed by atoms with Gasteiger partial charge < -0.3 is 34.1 Å². The topological polar surface area (TPSA) is 107 Å². The van der Waals surface area contributed by atoms with Crippen LogP contribution < -0.4 is 10.1 Å². The highest BCUT2D eigenvalue weighted by Crippen LogP contribution is 2.30. The summed E-state index contributed by atoms with van der Waals surface area (Å²) in [6.07, 6.45) is 4.48. The Morgan fingerprint density at radius 3 is 2.02 bits per heavy atom. The Kier molecular flexibility index (Phi) is 11.0. The maximum Gasteiger partial charge on any atom is 0.410 e. The van der Waals surface area contributed by atoms with Gasteiger partial charge >= 0.3 is 12.2 Å². The van der Waals surface area contributed by atoms with Gasteiger partial charge in [-0.15, -0.1) is 0 Å². The average molecular weight is 624 g/mol. The number of nitrogens with zero attached hydrogens (tertiary/aromatic N) is 2. The molecule has 3 fully saturated rings. The fourth-order valence-corrected chi connectivity index (χ4v) is 5.68. The fraction of sp³-hybridized carbons (Fsp3) is 0.719. The molecule has 1 aromatic carbocycles. The van der Waals surface area contributed by atoms with Crippen molar-refractivity contribution >= 4 is 18.1 Å². The first-order chi connectivity index (χ1) is 20.7. The van der Waals surface area contributed by atoms with Crippen LogP contribution in [0.25, 0.3) is 0 Å². The average Bonchev–Trinajstić information content (AvgIpc) is 2.92. The summed E-state index contributed by atoms with van der Waals surface area (Å²) in [7, 11) is 0. The molecule has 246 valence electrons. The normalized spacial score (nSPS) is 23.0. The van der Waals surface area contributed by atoms with Crippen molar-refractivity contribution in [3.63, 3.8) is 0 Å². The van der Waals surface area contributed by atoms with Gasteiger partial charge in [-0.05, 0) is 90.8 Å². The molecule has 2 aliphatic heterocycles. The van der Waals surface area contributed by atoms with Gasteiger partial charge in [-0.1, -0.05) is 12.1 Å². The van der Waals surface area contributed by atoms with E-state index in [0.29, 0.717) is 18.8 Å². The van der Waals surface area contributed by atoms with Crippen LogP contribution in [0.4, 0.5) is 18.4 Å². The minimum absolute atomic E-state index is 0.0598. The molecule has 2 heterocycles. The summed E-state index contributed by atoms with van der Waals surface area (Å²) >= 11 is 0. The molecule has 0 aromatic heterocycles. The maximum absolute atomic E-state index is 13.4. The molecular formula is C32H47F2N3O7. The van der Waals surface area contributed by atoms with Gasteiger partial charge in [0.2, 0.25) is 5.91 Å². The Bertz CT molecular complexity index is 1120. The Hall–Kier alpha value is -3.15. The molecular weight excluding hydrogens is 576 g/mol. The monoisotopic (exact) mass is 623 g/mol. The smallest absolute Gasteiger partial charge is 0.410 e. The van der Waals surface area contributed by atoms with E-state index in [9.17, 15) is 23.2 Å². The van der Waals surface area contributed by atoms with E-state index in [-0.39, 0.29) is 36.9 Å². The van der Waals surface area contributed by atoms with Crippen molar-refractivity contribution in [1.29, 1.82) is 0 Å². The summed E-state index contributed by atoms with van der Waals surface area (Å²) in [6, 6.07) is 6.24. The number of carbonyl (C=O) groups is 3. The molecule has 1 atom stereocenters. The first-order valence-electron chi connectivity index (χ1n) is 15.7. The number of hydrogen-bond acceptors (Lipinski definition) is 7. The zero-order valence-corrected chi connectivity index (χ0v) is 26.5. The third kappa shape index (κ3) is 10.2. The van der Waals surface area contributed by atoms with Crippen LogP contribution in [0, 0.1) is 0 Å². The molecule has 1 saturated carbocycles. The molecule has 1 aliphatic carbocycles. The standard InChI is InChI=1S/C32H47F2N3O7/c1-21(2)41-30(40)36-16-14-26(15-17-36)43-25-12-10-24(11-13-25)42-23-8-6-22(7-9-23)18-27(35-29(39)44-31(3,4)5)28(38)37-19-32(33,34)20-37/h6-9,21,24-27H,10-20H2,1-5H3,(H,35,39)/t24?,25?,27-/m1/s1. The van der Waals surface area contributed by atoms with Crippen molar-refractivity contribution in [2.75, 3.05) is 26.2 Å². The molecule has 4 rings (SSSR count). The molecule has 2 saturated heterocycles. The first-order valence-corrected chi connectivity index (χ1v) is 15.7. The molecule has 10 nitrogen and oxygen atoms in total. The second-order valence-electron chi connectivity index (χ2n) is 13.4. The Labute approximate surface area is 258 Å². The van der Waals surface area contributed by atoms with E-state index in [2.05, 4.69) is 5.32 Å². The van der Waals surface area contributed by atoms with E-state index in [1.807, 2.05) is 38.1 Å². The number of likely N-dealkylation sites (tertiary alicyclic amines) is 2. The van der Waals surface area contributed by atoms with Gasteiger partial charge in [-0.2, -0.15) is 0 Å². The van der Waals surface area contributed by atoms with Crippen molar-refractivity contribution < 1.29 is 42.1 Å². The minimum atomic E-state index is -2.90. The van der Waals surface area contributed by atoms with Gasteiger partial charge in [0.05, 0.1) is 37.5 Å². The SMILES string of the molecule is CC(C)OC(=O)N1CCC(OC2CCC(Oc3ccc(C[C@@H](NC(=O)OC(C)(C)C)C(=O)N4CC(F)(F)C4)cc3)CC2)CC1. The number of piperidine rings is 1. The summed E-state index contributed by atoms with van der Waals surface area (Å²) in [6.45, 7) is 8.78. The number of rotatable bonds is 9. The lowest BCUT2D eigenvalue weighted by Crippen LogP contribution is -2.63. The van der Waals surface area contributed by atoms with Gasteiger partial charge in [-0.25, -0.2) is 18.4 Å². The maximum atomic E-state index is 13.4. The van der Waals surface area contributed by atoms with Gasteiger partial charge in [0, 0.05) is 19.5 Å². The van der Waals surface area contributed by atoms with Gasteiger partial charge in [-0.3, -0.25) is 4.79 Å². The van der Waals surface area contributed by atoms with Crippen molar-refractivity contribution in [2.45, 2.75) is 122 Å². The molecule has 1 N–H and O–H groups in total. The van der Waals surface area contributed by atoms with Crippen molar-refractivity contribution in [2.24, 2.45) is 0 Å². The molecule has 0 unspecified atom stereocenters. The molecule has 3 amide bonds. The second-order valence-corrected chi connectivity index (χ2v) is 13.4. The van der Waals surface area contributed by atoms with E-state index in [4.69, 9.17) is 18.9 Å². The molecule has 0 bridgehead atoms. The quantitative estimate of drug-likeness (QED) is 0.397. The number of alkyl carbamates (subject to hydrolysis) is 1. The van der Waals surface area contributed by atoms with Gasteiger partial charge in [0.1, 0.15) is 17.4 Å². The number of ether oxygens (including phenoxy) is 4. The number of hydrogen-bond donors (Lipinski definition) is 1. The van der Waals surface area contributed by atoms with Crippen LogP contribution in [0.15, 0.2) is 24.3 Å². The lowest BCUT2D eigenvalue weighted by molar-refractivity contribution is -0.167. The van der Waals surface area contributed by atoms with Crippen molar-refractivity contribution in [1.82, 2.24) is 15.1 Å². The fourth-order valence-electron chi connectivity index (χ4n) is 5.68. The van der Waals surface area contributed by atoms with Crippen LogP contribution in [0.2, 0.25) is 0 Å². The summed E-state index contributed by atoms with van der Waals surface area (Å²) in [4.78, 5) is 40.3. The van der Waals surface area contributed by atoms with Crippen LogP contribution in [-0.4, -0.2) is 96.1 Å². The van der Waals surface area contributed by atoms with E-state index in [1.165, 1.54) is 0 Å². The van der Waals surface area contributed by atoms with Gasteiger partial charge in [0.25, 0.3) is 5.92 Å². The highest BCUT2D eigenvalue weighted by molar-refractivity contribution is 5.86. The van der Waals surface area contributed by atoms with Crippen molar-refractivity contribution in [3.05, 3.63) is 29.8 Å². The van der Waals surface area contributed by atoms with Crippen LogP contribution in [0.5, 0.6) is 5.75 Å². The minimum Gasteiger partial charge on any atom is -0.490 e. The predicted octanol–water partition coefficient (Wildman–Crippen LogP) is 5.32. The first kappa shape index (κ1) is 33.7. The van der Waals surface area contributed by atoms with Gasteiger partial charge in [0.15, 0.2) is 0 Å². The Balaban J connectivity index is 1.22. The summed E-state index contributed by atoms with van der Waals surface area (Å²) in [5, 5.41) is 2.56. The third-order valence-corrected chi connectivity index (χ3v) is 7.85. The van der Waals surface area contributed by atoms with Crippen LogP contribution in [0.3, 0.4) is 0 Å². The van der Waals surface area contributed by atoms with E-state index in [1.54, 1.807) is 25.7 Å². The summed E-state index contributed by atoms with van der Waals surface area (Å²) in [5.74, 6) is -2.78. The second kappa shape index (κ2) is 14.3. The highest BCUT2D eigenvalue weighted by atomic mass is 19.3. The van der Waals surface area contributed by atoms with Crippen molar-refractivity contribution in [3.8, 4) is 5.75 Å². The van der Waals surface area contributed by atoms with E-state index >= 15 is 0 Å². The predicted molar refractivity (Wildman–Crippen MR) is 159 cm³/mol. The molecule has 0 spiro atoms. The molecule has 1 aromatic rings. The molecule has 12 heteroatoms. The number of amides is 3. The van der Waals surface area contributed by atoms with E-state index in [0.717, 1.165) is 49.0 Å². The zero-order chi connectivity index (χ0) is 32.1. The molecule has 0 radical (unpaired) electrons. The number of halogens is 2. The lowest BCUT2D eigenvalue weighted by atomic mass is 9.94. The highest BCUT2D eigenvalue weighted by Gasteiger charge is 2.48. The van der Waals surface area contributed by atoms with Crippen LogP contribution >= 0.6 is 0 Å². The van der Waals surface area contributed by atoms with Crippen LogP contribution in [-0.2, 0) is 25.4 Å². The third-order valence-electron chi connectivity index (χ3n) is 7.85. The summed E-state index contributed by atoms with van der Waals surface area (Å²) < 4.78 is 50.0. The number of benzene rings is 1. The Morgan fingerprint density at radius 2 is 1.48 bits per heavy atom. The molecule has 3 aliphatic rings. The lowest BCUT2D eigenvalue weighted by Gasteiger charge is -2.40. The number of carbonyl (C=O) groups excluding carboxylic acids is 3.